The van der Waals surface area contributed by atoms with Crippen molar-refractivity contribution in [3.63, 3.8) is 0 Å². The lowest BCUT2D eigenvalue weighted by Gasteiger charge is -2.19. The number of aromatic hydroxyl groups is 3. The number of phenolic OH excluding ortho intramolecular Hbond substituents is 3. The first-order valence-electron chi connectivity index (χ1n) is 10.2. The quantitative estimate of drug-likeness (QED) is 0.458. The van der Waals surface area contributed by atoms with E-state index in [4.69, 9.17) is 0 Å². The Kier molecular flexibility index (Phi) is 6.48. The molecule has 0 saturated heterocycles. The van der Waals surface area contributed by atoms with E-state index in [-0.39, 0.29) is 0 Å². The standard InChI is InChI=1S/C26H30O3/c1-17-14-20(6-11-24(17)27)4-8-22(23-10-13-26(29)19(3)16-23)9-5-21-7-12-25(28)18(2)15-21/h6-7,10-16,22,27-29H,4-5,8-9H2,1-3H3. The van der Waals surface area contributed by atoms with Crippen molar-refractivity contribution in [2.75, 3.05) is 0 Å². The summed E-state index contributed by atoms with van der Waals surface area (Å²) in [6.45, 7) is 5.78. The van der Waals surface area contributed by atoms with Crippen LogP contribution in [-0.2, 0) is 12.8 Å². The molecule has 0 fully saturated rings. The highest BCUT2D eigenvalue weighted by Gasteiger charge is 2.14. The molecule has 3 rings (SSSR count). The van der Waals surface area contributed by atoms with E-state index in [2.05, 4.69) is 18.2 Å². The van der Waals surface area contributed by atoms with Gasteiger partial charge in [-0.05, 0) is 104 Å². The van der Waals surface area contributed by atoms with Crippen LogP contribution in [0.15, 0.2) is 54.6 Å². The summed E-state index contributed by atoms with van der Waals surface area (Å²) in [6.07, 6.45) is 3.84. The Balaban J connectivity index is 1.77. The highest BCUT2D eigenvalue weighted by Crippen LogP contribution is 2.31. The lowest BCUT2D eigenvalue weighted by atomic mass is 9.86. The predicted octanol–water partition coefficient (Wildman–Crippen LogP) is 6.08. The van der Waals surface area contributed by atoms with E-state index in [0.29, 0.717) is 23.2 Å². The van der Waals surface area contributed by atoms with Crippen molar-refractivity contribution in [1.29, 1.82) is 0 Å². The molecule has 29 heavy (non-hydrogen) atoms. The average Bonchev–Trinajstić information content (AvgIpc) is 2.69. The molecule has 0 spiro atoms. The van der Waals surface area contributed by atoms with Crippen molar-refractivity contribution in [1.82, 2.24) is 0 Å². The Morgan fingerprint density at radius 2 is 1.00 bits per heavy atom. The zero-order valence-electron chi connectivity index (χ0n) is 17.4. The van der Waals surface area contributed by atoms with Gasteiger partial charge in [-0.1, -0.05) is 36.4 Å². The van der Waals surface area contributed by atoms with Crippen molar-refractivity contribution in [2.24, 2.45) is 0 Å². The van der Waals surface area contributed by atoms with Gasteiger partial charge < -0.3 is 15.3 Å². The molecule has 0 aliphatic heterocycles. The second kappa shape index (κ2) is 9.04. The molecule has 0 bridgehead atoms. The summed E-state index contributed by atoms with van der Waals surface area (Å²) in [6, 6.07) is 17.5. The molecule has 3 aromatic rings. The minimum Gasteiger partial charge on any atom is -0.508 e. The van der Waals surface area contributed by atoms with E-state index in [1.165, 1.54) is 16.7 Å². The highest BCUT2D eigenvalue weighted by molar-refractivity contribution is 5.38. The predicted molar refractivity (Wildman–Crippen MR) is 118 cm³/mol. The second-order valence-corrected chi connectivity index (χ2v) is 8.06. The van der Waals surface area contributed by atoms with Gasteiger partial charge in [0.1, 0.15) is 17.2 Å². The minimum atomic E-state index is 0.329. The largest absolute Gasteiger partial charge is 0.508 e. The van der Waals surface area contributed by atoms with E-state index in [0.717, 1.165) is 42.4 Å². The van der Waals surface area contributed by atoms with E-state index < -0.39 is 0 Å². The molecule has 3 nitrogen and oxygen atoms in total. The van der Waals surface area contributed by atoms with Crippen LogP contribution in [0.2, 0.25) is 0 Å². The molecule has 3 heteroatoms. The van der Waals surface area contributed by atoms with Crippen molar-refractivity contribution in [3.8, 4) is 17.2 Å². The first-order valence-corrected chi connectivity index (χ1v) is 10.2. The fraction of sp³-hybridized carbons (Fsp3) is 0.308. The van der Waals surface area contributed by atoms with Gasteiger partial charge in [0.25, 0.3) is 0 Å². The molecule has 0 radical (unpaired) electrons. The molecule has 0 atom stereocenters. The number of hydrogen-bond acceptors (Lipinski definition) is 3. The third-order valence-corrected chi connectivity index (χ3v) is 5.78. The fourth-order valence-corrected chi connectivity index (χ4v) is 3.84. The van der Waals surface area contributed by atoms with Crippen LogP contribution < -0.4 is 0 Å². The topological polar surface area (TPSA) is 60.7 Å². The number of phenols is 3. The average molecular weight is 391 g/mol. The summed E-state index contributed by atoms with van der Waals surface area (Å²) in [5, 5.41) is 29.4. The van der Waals surface area contributed by atoms with Gasteiger partial charge in [-0.15, -0.1) is 0 Å². The van der Waals surface area contributed by atoms with Gasteiger partial charge in [-0.2, -0.15) is 0 Å². The van der Waals surface area contributed by atoms with Crippen LogP contribution in [0.25, 0.3) is 0 Å². The van der Waals surface area contributed by atoms with Crippen LogP contribution in [0.5, 0.6) is 17.2 Å². The monoisotopic (exact) mass is 390 g/mol. The van der Waals surface area contributed by atoms with Crippen molar-refractivity contribution in [2.45, 2.75) is 52.4 Å². The first-order chi connectivity index (χ1) is 13.8. The van der Waals surface area contributed by atoms with Crippen molar-refractivity contribution >= 4 is 0 Å². The molecule has 0 aliphatic carbocycles. The Hall–Kier alpha value is -2.94. The molecule has 0 saturated carbocycles. The molecular weight excluding hydrogens is 360 g/mol. The lowest BCUT2D eigenvalue weighted by Crippen LogP contribution is -2.04. The van der Waals surface area contributed by atoms with Gasteiger partial charge in [0, 0.05) is 0 Å². The van der Waals surface area contributed by atoms with E-state index in [1.54, 1.807) is 18.2 Å². The van der Waals surface area contributed by atoms with Crippen molar-refractivity contribution < 1.29 is 15.3 Å². The van der Waals surface area contributed by atoms with Crippen LogP contribution >= 0.6 is 0 Å². The summed E-state index contributed by atoms with van der Waals surface area (Å²) < 4.78 is 0. The molecule has 0 aromatic heterocycles. The summed E-state index contributed by atoms with van der Waals surface area (Å²) in [5.74, 6) is 1.36. The third-order valence-electron chi connectivity index (χ3n) is 5.78. The van der Waals surface area contributed by atoms with Crippen LogP contribution in [0.4, 0.5) is 0 Å². The first kappa shape index (κ1) is 20.8. The molecular formula is C26H30O3. The van der Waals surface area contributed by atoms with E-state index in [9.17, 15) is 15.3 Å². The maximum absolute atomic E-state index is 9.91. The molecule has 0 unspecified atom stereocenters. The Labute approximate surface area is 173 Å². The zero-order chi connectivity index (χ0) is 21.0. The van der Waals surface area contributed by atoms with Crippen LogP contribution in [-0.4, -0.2) is 15.3 Å². The highest BCUT2D eigenvalue weighted by atomic mass is 16.3. The van der Waals surface area contributed by atoms with Crippen molar-refractivity contribution in [3.05, 3.63) is 88.0 Å². The Bertz CT molecular complexity index is 936. The molecule has 3 aromatic carbocycles. The summed E-state index contributed by atoms with van der Waals surface area (Å²) in [7, 11) is 0. The van der Waals surface area contributed by atoms with Crippen LogP contribution in [0.3, 0.4) is 0 Å². The molecule has 0 aliphatic rings. The lowest BCUT2D eigenvalue weighted by molar-refractivity contribution is 0.470. The normalized spacial score (nSPS) is 11.2. The SMILES string of the molecule is Cc1cc(CCC(CCc2ccc(O)c(C)c2)c2ccc(O)c(C)c2)ccc1O. The van der Waals surface area contributed by atoms with Gasteiger partial charge in [0.05, 0.1) is 0 Å². The number of hydrogen-bond donors (Lipinski definition) is 3. The van der Waals surface area contributed by atoms with E-state index in [1.807, 2.05) is 39.0 Å². The van der Waals surface area contributed by atoms with Gasteiger partial charge >= 0.3 is 0 Å². The van der Waals surface area contributed by atoms with Gasteiger partial charge in [-0.3, -0.25) is 0 Å². The summed E-state index contributed by atoms with van der Waals surface area (Å²) in [4.78, 5) is 0. The fourth-order valence-electron chi connectivity index (χ4n) is 3.84. The Morgan fingerprint density at radius 1 is 0.586 bits per heavy atom. The number of aryl methyl sites for hydroxylation is 5. The minimum absolute atomic E-state index is 0.329. The second-order valence-electron chi connectivity index (χ2n) is 8.06. The summed E-state index contributed by atoms with van der Waals surface area (Å²) >= 11 is 0. The van der Waals surface area contributed by atoms with Gasteiger partial charge in [0.2, 0.25) is 0 Å². The third kappa shape index (κ3) is 5.32. The molecule has 3 N–H and O–H groups in total. The zero-order valence-corrected chi connectivity index (χ0v) is 17.4. The van der Waals surface area contributed by atoms with Gasteiger partial charge in [0.15, 0.2) is 0 Å². The van der Waals surface area contributed by atoms with Crippen LogP contribution in [0, 0.1) is 20.8 Å². The maximum atomic E-state index is 9.91. The number of benzene rings is 3. The summed E-state index contributed by atoms with van der Waals surface area (Å²) in [5.41, 5.74) is 6.39. The maximum Gasteiger partial charge on any atom is 0.118 e. The number of rotatable bonds is 7. The van der Waals surface area contributed by atoms with Crippen LogP contribution in [0.1, 0.15) is 52.1 Å². The molecule has 0 heterocycles. The smallest absolute Gasteiger partial charge is 0.118 e. The molecule has 152 valence electrons. The Morgan fingerprint density at radius 3 is 1.41 bits per heavy atom. The van der Waals surface area contributed by atoms with Gasteiger partial charge in [-0.25, -0.2) is 0 Å². The van der Waals surface area contributed by atoms with E-state index >= 15 is 0 Å². The molecule has 0 amide bonds.